The molecule has 0 aromatic rings. The minimum atomic E-state index is -0.337. The first kappa shape index (κ1) is 12.4. The van der Waals surface area contributed by atoms with Crippen molar-refractivity contribution < 1.29 is 19.0 Å². The van der Waals surface area contributed by atoms with E-state index >= 15 is 0 Å². The number of carbonyl (C=O) groups excluding carboxylic acids is 1. The smallest absolute Gasteiger partial charge is 0.246 e. The maximum atomic E-state index is 11.5. The second-order valence-corrected chi connectivity index (χ2v) is 5.46. The van der Waals surface area contributed by atoms with E-state index in [0.29, 0.717) is 19.3 Å². The quantitative estimate of drug-likeness (QED) is 0.813. The zero-order valence-corrected chi connectivity index (χ0v) is 10.7. The van der Waals surface area contributed by atoms with Crippen molar-refractivity contribution in [1.29, 1.82) is 0 Å². The van der Waals surface area contributed by atoms with Gasteiger partial charge in [-0.05, 0) is 25.7 Å². The number of hydrogen-bond acceptors (Lipinski definition) is 4. The van der Waals surface area contributed by atoms with Crippen molar-refractivity contribution in [3.8, 4) is 0 Å². The Hall–Kier alpha value is -0.650. The highest BCUT2D eigenvalue weighted by Crippen LogP contribution is 2.36. The lowest BCUT2D eigenvalue weighted by Gasteiger charge is -2.35. The Bertz CT molecular complexity index is 300. The van der Waals surface area contributed by atoms with Gasteiger partial charge in [-0.15, -0.1) is 0 Å². The van der Waals surface area contributed by atoms with Crippen molar-refractivity contribution in [2.24, 2.45) is 0 Å². The third-order valence-electron chi connectivity index (χ3n) is 3.90. The molecule has 0 aromatic carbocycles. The van der Waals surface area contributed by atoms with Crippen LogP contribution in [0.25, 0.3) is 0 Å². The summed E-state index contributed by atoms with van der Waals surface area (Å²) >= 11 is 0. The standard InChI is InChI=1S/C13H21NO4/c15-12(14-10-1-2-10)9-16-11-3-5-13(6-4-11)17-7-8-18-13/h10-11H,1-9H2,(H,14,15). The Morgan fingerprint density at radius 3 is 2.44 bits per heavy atom. The molecule has 0 aromatic heterocycles. The van der Waals surface area contributed by atoms with Gasteiger partial charge in [-0.25, -0.2) is 0 Å². The molecule has 5 heteroatoms. The predicted molar refractivity (Wildman–Crippen MR) is 64.0 cm³/mol. The molecule has 3 fully saturated rings. The molecule has 102 valence electrons. The van der Waals surface area contributed by atoms with E-state index in [1.54, 1.807) is 0 Å². The van der Waals surface area contributed by atoms with Crippen LogP contribution in [0.4, 0.5) is 0 Å². The van der Waals surface area contributed by atoms with Crippen molar-refractivity contribution in [3.05, 3.63) is 0 Å². The summed E-state index contributed by atoms with van der Waals surface area (Å²) in [6.07, 6.45) is 5.99. The normalized spacial score (nSPS) is 27.6. The highest BCUT2D eigenvalue weighted by atomic mass is 16.7. The van der Waals surface area contributed by atoms with Gasteiger partial charge < -0.3 is 19.5 Å². The lowest BCUT2D eigenvalue weighted by Crippen LogP contribution is -2.39. The van der Waals surface area contributed by atoms with E-state index in [0.717, 1.165) is 38.5 Å². The largest absolute Gasteiger partial charge is 0.368 e. The Balaban J connectivity index is 1.36. The average Bonchev–Trinajstić information content (AvgIpc) is 3.08. The molecule has 1 aliphatic heterocycles. The highest BCUT2D eigenvalue weighted by molar-refractivity contribution is 5.77. The first-order chi connectivity index (χ1) is 8.76. The van der Waals surface area contributed by atoms with Crippen LogP contribution in [0.1, 0.15) is 38.5 Å². The SMILES string of the molecule is O=C(COC1CCC2(CC1)OCCO2)NC1CC1. The molecule has 18 heavy (non-hydrogen) atoms. The van der Waals surface area contributed by atoms with Crippen LogP contribution in [0.2, 0.25) is 0 Å². The molecule has 3 rings (SSSR count). The molecule has 2 aliphatic carbocycles. The third-order valence-corrected chi connectivity index (χ3v) is 3.90. The fourth-order valence-electron chi connectivity index (χ4n) is 2.67. The number of ether oxygens (including phenoxy) is 3. The molecule has 3 aliphatic rings. The summed E-state index contributed by atoms with van der Waals surface area (Å²) in [5.74, 6) is -0.318. The van der Waals surface area contributed by atoms with E-state index in [1.165, 1.54) is 0 Å². The predicted octanol–water partition coefficient (Wildman–Crippen LogP) is 0.967. The molecule has 0 atom stereocenters. The van der Waals surface area contributed by atoms with Crippen molar-refractivity contribution in [2.45, 2.75) is 56.5 Å². The number of nitrogens with one attached hydrogen (secondary N) is 1. The molecule has 5 nitrogen and oxygen atoms in total. The van der Waals surface area contributed by atoms with E-state index in [9.17, 15) is 4.79 Å². The first-order valence-electron chi connectivity index (χ1n) is 6.95. The third kappa shape index (κ3) is 3.02. The van der Waals surface area contributed by atoms with Crippen LogP contribution in [0.5, 0.6) is 0 Å². The van der Waals surface area contributed by atoms with Gasteiger partial charge in [-0.2, -0.15) is 0 Å². The van der Waals surface area contributed by atoms with Crippen LogP contribution in [0.15, 0.2) is 0 Å². The van der Waals surface area contributed by atoms with Gasteiger partial charge in [0.2, 0.25) is 5.91 Å². The van der Waals surface area contributed by atoms with Crippen molar-refractivity contribution in [3.63, 3.8) is 0 Å². The monoisotopic (exact) mass is 255 g/mol. The Morgan fingerprint density at radius 1 is 1.17 bits per heavy atom. The van der Waals surface area contributed by atoms with E-state index in [1.807, 2.05) is 0 Å². The molecular weight excluding hydrogens is 234 g/mol. The van der Waals surface area contributed by atoms with Crippen molar-refractivity contribution >= 4 is 5.91 Å². The molecule has 1 heterocycles. The van der Waals surface area contributed by atoms with Crippen LogP contribution in [-0.2, 0) is 19.0 Å². The lowest BCUT2D eigenvalue weighted by molar-refractivity contribution is -0.191. The molecule has 0 unspecified atom stereocenters. The molecule has 1 N–H and O–H groups in total. The molecule has 1 amide bonds. The van der Waals surface area contributed by atoms with Crippen LogP contribution in [0, 0.1) is 0 Å². The number of rotatable bonds is 4. The van der Waals surface area contributed by atoms with E-state index < -0.39 is 0 Å². The Morgan fingerprint density at radius 2 is 1.83 bits per heavy atom. The van der Waals surface area contributed by atoms with Gasteiger partial charge in [0, 0.05) is 18.9 Å². The van der Waals surface area contributed by atoms with Gasteiger partial charge in [0.25, 0.3) is 0 Å². The second kappa shape index (κ2) is 5.15. The summed E-state index contributed by atoms with van der Waals surface area (Å²) in [7, 11) is 0. The fourth-order valence-corrected chi connectivity index (χ4v) is 2.67. The summed E-state index contributed by atoms with van der Waals surface area (Å²) in [6.45, 7) is 1.60. The number of hydrogen-bond donors (Lipinski definition) is 1. The summed E-state index contributed by atoms with van der Waals surface area (Å²) in [4.78, 5) is 11.5. The van der Waals surface area contributed by atoms with Crippen LogP contribution >= 0.6 is 0 Å². The molecule has 2 saturated carbocycles. The molecular formula is C13H21NO4. The van der Waals surface area contributed by atoms with Crippen molar-refractivity contribution in [2.75, 3.05) is 19.8 Å². The van der Waals surface area contributed by atoms with E-state index in [-0.39, 0.29) is 24.4 Å². The minimum Gasteiger partial charge on any atom is -0.368 e. The molecule has 0 radical (unpaired) electrons. The van der Waals surface area contributed by atoms with Gasteiger partial charge in [-0.1, -0.05) is 0 Å². The molecule has 1 spiro atoms. The van der Waals surface area contributed by atoms with Gasteiger partial charge in [-0.3, -0.25) is 4.79 Å². The number of carbonyl (C=O) groups is 1. The highest BCUT2D eigenvalue weighted by Gasteiger charge is 2.40. The summed E-state index contributed by atoms with van der Waals surface area (Å²) in [5, 5.41) is 2.93. The van der Waals surface area contributed by atoms with Crippen LogP contribution in [0.3, 0.4) is 0 Å². The minimum absolute atomic E-state index is 0.0196. The number of amides is 1. The second-order valence-electron chi connectivity index (χ2n) is 5.46. The fraction of sp³-hybridized carbons (Fsp3) is 0.923. The maximum absolute atomic E-state index is 11.5. The van der Waals surface area contributed by atoms with Gasteiger partial charge in [0.1, 0.15) is 6.61 Å². The maximum Gasteiger partial charge on any atom is 0.246 e. The Kier molecular flexibility index (Phi) is 3.54. The zero-order chi connectivity index (χ0) is 12.4. The summed E-state index contributed by atoms with van der Waals surface area (Å²) in [5.41, 5.74) is 0. The molecule has 1 saturated heterocycles. The van der Waals surface area contributed by atoms with E-state index in [2.05, 4.69) is 5.32 Å². The lowest BCUT2D eigenvalue weighted by atomic mass is 9.92. The summed E-state index contributed by atoms with van der Waals surface area (Å²) in [6, 6.07) is 0.413. The molecule has 0 bridgehead atoms. The van der Waals surface area contributed by atoms with Crippen LogP contribution in [-0.4, -0.2) is 43.7 Å². The van der Waals surface area contributed by atoms with Gasteiger partial charge in [0.15, 0.2) is 5.79 Å². The summed E-state index contributed by atoms with van der Waals surface area (Å²) < 4.78 is 17.0. The topological polar surface area (TPSA) is 56.8 Å². The van der Waals surface area contributed by atoms with Crippen LogP contribution < -0.4 is 5.32 Å². The van der Waals surface area contributed by atoms with Crippen molar-refractivity contribution in [1.82, 2.24) is 5.32 Å². The van der Waals surface area contributed by atoms with Gasteiger partial charge >= 0.3 is 0 Å². The Labute approximate surface area is 107 Å². The average molecular weight is 255 g/mol. The first-order valence-corrected chi connectivity index (χ1v) is 6.95. The van der Waals surface area contributed by atoms with Gasteiger partial charge in [0.05, 0.1) is 19.3 Å². The zero-order valence-electron chi connectivity index (χ0n) is 10.7. The van der Waals surface area contributed by atoms with E-state index in [4.69, 9.17) is 14.2 Å².